The lowest BCUT2D eigenvalue weighted by atomic mass is 10.1. The van der Waals surface area contributed by atoms with Crippen molar-refractivity contribution in [1.29, 1.82) is 0 Å². The standard InChI is InChI=1S/C20H21BrN2O6/c21-15-8-6-13(7-9-15)10-16(19(26)27)22-18(25)17(11-24)23-20(28)29-12-14-4-2-1-3-5-14/h1-9,16-17,24H,10-12H2,(H,22,25)(H,23,28)(H,26,27)/t16-,17-/m0/s1. The molecule has 2 aromatic rings. The van der Waals surface area contributed by atoms with E-state index in [1.54, 1.807) is 48.5 Å². The van der Waals surface area contributed by atoms with Crippen LogP contribution in [0.5, 0.6) is 0 Å². The Bertz CT molecular complexity index is 829. The molecule has 0 unspecified atom stereocenters. The maximum Gasteiger partial charge on any atom is 0.408 e. The molecule has 0 aliphatic carbocycles. The first-order valence-corrected chi connectivity index (χ1v) is 9.54. The highest BCUT2D eigenvalue weighted by Gasteiger charge is 2.26. The van der Waals surface area contributed by atoms with Crippen LogP contribution in [0, 0.1) is 0 Å². The molecule has 0 saturated carbocycles. The zero-order chi connectivity index (χ0) is 21.2. The van der Waals surface area contributed by atoms with E-state index in [1.165, 1.54) is 0 Å². The van der Waals surface area contributed by atoms with E-state index in [4.69, 9.17) is 4.74 Å². The van der Waals surface area contributed by atoms with Gasteiger partial charge in [-0.25, -0.2) is 9.59 Å². The Morgan fingerprint density at radius 1 is 0.931 bits per heavy atom. The summed E-state index contributed by atoms with van der Waals surface area (Å²) >= 11 is 3.29. The number of hydrogen-bond donors (Lipinski definition) is 4. The Morgan fingerprint density at radius 3 is 2.17 bits per heavy atom. The maximum absolute atomic E-state index is 12.3. The minimum absolute atomic E-state index is 0.00619. The van der Waals surface area contributed by atoms with Crippen molar-refractivity contribution in [3.63, 3.8) is 0 Å². The number of carbonyl (C=O) groups is 3. The van der Waals surface area contributed by atoms with Crippen LogP contribution in [0.2, 0.25) is 0 Å². The minimum Gasteiger partial charge on any atom is -0.480 e. The van der Waals surface area contributed by atoms with E-state index in [9.17, 15) is 24.6 Å². The quantitative estimate of drug-likeness (QED) is 0.448. The van der Waals surface area contributed by atoms with Gasteiger partial charge in [0.1, 0.15) is 18.7 Å². The SMILES string of the molecule is O=C(N[C@@H](CO)C(=O)N[C@@H](Cc1ccc(Br)cc1)C(=O)O)OCc1ccccc1. The Balaban J connectivity index is 1.91. The number of alkyl carbamates (subject to hydrolysis) is 1. The molecule has 0 aliphatic rings. The van der Waals surface area contributed by atoms with Crippen LogP contribution in [0.1, 0.15) is 11.1 Å². The Kier molecular flexibility index (Phi) is 8.63. The van der Waals surface area contributed by atoms with Crippen LogP contribution in [0.3, 0.4) is 0 Å². The molecule has 0 radical (unpaired) electrons. The number of ether oxygens (including phenoxy) is 1. The van der Waals surface area contributed by atoms with Crippen LogP contribution < -0.4 is 10.6 Å². The van der Waals surface area contributed by atoms with Gasteiger partial charge in [0.2, 0.25) is 5.91 Å². The summed E-state index contributed by atoms with van der Waals surface area (Å²) in [6, 6.07) is 13.4. The van der Waals surface area contributed by atoms with Crippen molar-refractivity contribution in [3.05, 3.63) is 70.2 Å². The summed E-state index contributed by atoms with van der Waals surface area (Å²) in [5.41, 5.74) is 1.46. The van der Waals surface area contributed by atoms with Crippen molar-refractivity contribution in [2.75, 3.05) is 6.61 Å². The molecule has 0 bridgehead atoms. The van der Waals surface area contributed by atoms with E-state index in [-0.39, 0.29) is 13.0 Å². The summed E-state index contributed by atoms with van der Waals surface area (Å²) in [4.78, 5) is 35.7. The van der Waals surface area contributed by atoms with Gasteiger partial charge in [-0.3, -0.25) is 4.79 Å². The van der Waals surface area contributed by atoms with Gasteiger partial charge in [-0.15, -0.1) is 0 Å². The number of carbonyl (C=O) groups excluding carboxylic acids is 2. The van der Waals surface area contributed by atoms with Gasteiger partial charge in [0.15, 0.2) is 0 Å². The number of halogens is 1. The molecule has 2 rings (SSSR count). The third kappa shape index (κ3) is 7.55. The predicted octanol–water partition coefficient (Wildman–Crippen LogP) is 1.85. The second-order valence-electron chi connectivity index (χ2n) is 6.17. The molecule has 0 heterocycles. The van der Waals surface area contributed by atoms with Gasteiger partial charge in [-0.1, -0.05) is 58.4 Å². The van der Waals surface area contributed by atoms with Gasteiger partial charge in [0, 0.05) is 10.9 Å². The predicted molar refractivity (Wildman–Crippen MR) is 108 cm³/mol. The van der Waals surface area contributed by atoms with Crippen molar-refractivity contribution in [2.24, 2.45) is 0 Å². The number of rotatable bonds is 9. The fourth-order valence-electron chi connectivity index (χ4n) is 2.43. The highest BCUT2D eigenvalue weighted by Crippen LogP contribution is 2.12. The number of hydrogen-bond acceptors (Lipinski definition) is 5. The number of nitrogens with one attached hydrogen (secondary N) is 2. The normalized spacial score (nSPS) is 12.5. The molecule has 0 aliphatic heterocycles. The Labute approximate surface area is 176 Å². The molecular weight excluding hydrogens is 444 g/mol. The third-order valence-electron chi connectivity index (χ3n) is 3.97. The lowest BCUT2D eigenvalue weighted by Gasteiger charge is -2.20. The van der Waals surface area contributed by atoms with Gasteiger partial charge < -0.3 is 25.6 Å². The van der Waals surface area contributed by atoms with Crippen LogP contribution in [-0.4, -0.2) is 46.9 Å². The Hall–Kier alpha value is -2.91. The molecule has 2 aromatic carbocycles. The monoisotopic (exact) mass is 464 g/mol. The highest BCUT2D eigenvalue weighted by atomic mass is 79.9. The number of carboxylic acid groups (broad SMARTS) is 1. The second-order valence-corrected chi connectivity index (χ2v) is 7.09. The van der Waals surface area contributed by atoms with Crippen molar-refractivity contribution in [1.82, 2.24) is 10.6 Å². The molecule has 2 atom stereocenters. The zero-order valence-electron chi connectivity index (χ0n) is 15.4. The summed E-state index contributed by atoms with van der Waals surface area (Å²) in [5.74, 6) is -2.06. The minimum atomic E-state index is -1.34. The fraction of sp³-hybridized carbons (Fsp3) is 0.250. The molecule has 9 heteroatoms. The first kappa shape index (κ1) is 22.4. The molecule has 0 aromatic heterocycles. The maximum atomic E-state index is 12.3. The third-order valence-corrected chi connectivity index (χ3v) is 4.50. The van der Waals surface area contributed by atoms with Crippen LogP contribution in [0.15, 0.2) is 59.1 Å². The molecule has 0 saturated heterocycles. The van der Waals surface area contributed by atoms with Crippen molar-refractivity contribution in [2.45, 2.75) is 25.1 Å². The first-order chi connectivity index (χ1) is 13.9. The summed E-state index contributed by atoms with van der Waals surface area (Å²) in [7, 11) is 0. The van der Waals surface area contributed by atoms with Gasteiger partial charge in [-0.2, -0.15) is 0 Å². The summed E-state index contributed by atoms with van der Waals surface area (Å²) in [5, 5.41) is 23.4. The fourth-order valence-corrected chi connectivity index (χ4v) is 2.69. The van der Waals surface area contributed by atoms with Gasteiger partial charge >= 0.3 is 12.1 Å². The molecule has 2 amide bonds. The molecule has 4 N–H and O–H groups in total. The smallest absolute Gasteiger partial charge is 0.408 e. The van der Waals surface area contributed by atoms with E-state index in [1.807, 2.05) is 6.07 Å². The van der Waals surface area contributed by atoms with E-state index in [0.29, 0.717) is 5.56 Å². The highest BCUT2D eigenvalue weighted by molar-refractivity contribution is 9.10. The van der Waals surface area contributed by atoms with Gasteiger partial charge in [-0.05, 0) is 23.3 Å². The number of aliphatic hydroxyl groups is 1. The summed E-state index contributed by atoms with van der Waals surface area (Å²) in [6.45, 7) is -0.718. The topological polar surface area (TPSA) is 125 Å². The van der Waals surface area contributed by atoms with Crippen LogP contribution >= 0.6 is 15.9 Å². The Morgan fingerprint density at radius 2 is 1.59 bits per heavy atom. The van der Waals surface area contributed by atoms with Crippen LogP contribution in [0.4, 0.5) is 4.79 Å². The second kappa shape index (κ2) is 11.2. The van der Waals surface area contributed by atoms with Gasteiger partial charge in [0.05, 0.1) is 6.61 Å². The number of amides is 2. The summed E-state index contributed by atoms with van der Waals surface area (Å²) < 4.78 is 5.85. The van der Waals surface area contributed by atoms with Crippen molar-refractivity contribution in [3.8, 4) is 0 Å². The molecule has 0 fully saturated rings. The lowest BCUT2D eigenvalue weighted by Crippen LogP contribution is -2.53. The van der Waals surface area contributed by atoms with Crippen molar-refractivity contribution >= 4 is 33.9 Å². The average Bonchev–Trinajstić information content (AvgIpc) is 2.72. The lowest BCUT2D eigenvalue weighted by molar-refractivity contribution is -0.142. The van der Waals surface area contributed by atoms with E-state index in [0.717, 1.165) is 10.0 Å². The number of aliphatic carboxylic acids is 1. The average molecular weight is 465 g/mol. The van der Waals surface area contributed by atoms with Crippen LogP contribution in [0.25, 0.3) is 0 Å². The van der Waals surface area contributed by atoms with E-state index < -0.39 is 36.7 Å². The number of benzene rings is 2. The van der Waals surface area contributed by atoms with E-state index >= 15 is 0 Å². The molecule has 29 heavy (non-hydrogen) atoms. The molecule has 8 nitrogen and oxygen atoms in total. The largest absolute Gasteiger partial charge is 0.480 e. The van der Waals surface area contributed by atoms with E-state index in [2.05, 4.69) is 26.6 Å². The number of carboxylic acids is 1. The molecular formula is C20H21BrN2O6. The van der Waals surface area contributed by atoms with Gasteiger partial charge in [0.25, 0.3) is 0 Å². The van der Waals surface area contributed by atoms with Crippen molar-refractivity contribution < 1.29 is 29.3 Å². The first-order valence-electron chi connectivity index (χ1n) is 8.74. The number of aliphatic hydroxyl groups excluding tert-OH is 1. The van der Waals surface area contributed by atoms with Crippen LogP contribution in [-0.2, 0) is 27.4 Å². The molecule has 154 valence electrons. The molecule has 0 spiro atoms. The zero-order valence-corrected chi connectivity index (χ0v) is 17.0. The summed E-state index contributed by atoms with van der Waals surface area (Å²) in [6.07, 6.45) is -0.854.